The third-order valence-corrected chi connectivity index (χ3v) is 0. The van der Waals surface area contributed by atoms with Crippen LogP contribution in [0.25, 0.3) is 0 Å². The van der Waals surface area contributed by atoms with E-state index in [9.17, 15) is 0 Å². The minimum absolute atomic E-state index is 0. The molecule has 0 aliphatic heterocycles. The van der Waals surface area contributed by atoms with Crippen LogP contribution in [0.3, 0.4) is 0 Å². The van der Waals surface area contributed by atoms with Gasteiger partial charge in [-0.25, -0.2) is 0 Å². The zero-order valence-electron chi connectivity index (χ0n) is 5.55. The minimum Gasteiger partial charge on any atom is -0.444 e. The summed E-state index contributed by atoms with van der Waals surface area (Å²) in [6.07, 6.45) is 0. The van der Waals surface area contributed by atoms with Crippen molar-refractivity contribution in [3.8, 4) is 0 Å². The summed E-state index contributed by atoms with van der Waals surface area (Å²) in [4.78, 5) is 32.0. The molecule has 0 saturated carbocycles. The van der Waals surface area contributed by atoms with E-state index in [0.717, 1.165) is 21.4 Å². The van der Waals surface area contributed by atoms with Crippen molar-refractivity contribution >= 4 is 0 Å². The van der Waals surface area contributed by atoms with Gasteiger partial charge in [-0.3, -0.25) is 0 Å². The normalized spacial score (nSPS) is 3.69. The number of hydrogen-bond acceptors (Lipinski definition) is 12. The van der Waals surface area contributed by atoms with Gasteiger partial charge >= 0.3 is 0 Å². The summed E-state index contributed by atoms with van der Waals surface area (Å²) in [6, 6.07) is 0. The predicted octanol–water partition coefficient (Wildman–Crippen LogP) is 1.000. The molecule has 0 radical (unpaired) electrons. The van der Waals surface area contributed by atoms with E-state index in [2.05, 4.69) is 0 Å². The minimum atomic E-state index is 0. The zero-order valence-corrected chi connectivity index (χ0v) is 8.01. The Morgan fingerprint density at radius 3 is 0.538 bits per heavy atom. The monoisotopic (exact) mass is 274 g/mol. The first-order chi connectivity index (χ1) is 5.66. The molecule has 12 nitrogen and oxygen atoms in total. The standard InChI is InChI=1S/4HNO2.Zr/c4*2-1-3;/h4*(H,2,3);/p-4. The smallest absolute Gasteiger partial charge is 0 e. The van der Waals surface area contributed by atoms with Gasteiger partial charge < -0.3 is 40.5 Å². The molecule has 0 saturated heterocycles. The molecule has 76 valence electrons. The van der Waals surface area contributed by atoms with Gasteiger partial charge in [0.2, 0.25) is 0 Å². The SMILES string of the molecule is O=N[O-].O=N[O-].O=N[O-].O=N[O-].[Zr]. The van der Waals surface area contributed by atoms with Gasteiger partial charge in [0.15, 0.2) is 0 Å². The third kappa shape index (κ3) is 328. The molecular formula is N4O8Zr-4. The maximum Gasteiger partial charge on any atom is 0 e. The fourth-order valence-corrected chi connectivity index (χ4v) is 0. The van der Waals surface area contributed by atoms with Crippen LogP contribution >= 0.6 is 0 Å². The Balaban J connectivity index is -0.0000000213. The molecule has 0 heterocycles. The van der Waals surface area contributed by atoms with Crippen molar-refractivity contribution in [2.45, 2.75) is 0 Å². The van der Waals surface area contributed by atoms with Crippen molar-refractivity contribution in [2.75, 3.05) is 0 Å². The first kappa shape index (κ1) is 30.0. The molecule has 13 heavy (non-hydrogen) atoms. The largest absolute Gasteiger partial charge is 0.444 e. The molecule has 0 bridgehead atoms. The molecule has 0 atom stereocenters. The van der Waals surface area contributed by atoms with Crippen LogP contribution in [-0.4, -0.2) is 0 Å². The summed E-state index contributed by atoms with van der Waals surface area (Å²) >= 11 is 0. The molecule has 0 aliphatic rings. The van der Waals surface area contributed by atoms with E-state index in [4.69, 9.17) is 40.5 Å². The van der Waals surface area contributed by atoms with Gasteiger partial charge in [0.25, 0.3) is 0 Å². The topological polar surface area (TPSA) is 210 Å². The molecular weight excluding hydrogens is 275 g/mol. The quantitative estimate of drug-likeness (QED) is 0.458. The second-order valence-electron chi connectivity index (χ2n) is 0.298. The maximum absolute atomic E-state index is 8.00. The van der Waals surface area contributed by atoms with Crippen molar-refractivity contribution in [3.05, 3.63) is 40.5 Å². The Bertz CT molecular complexity index is 70.1. The molecule has 0 spiro atoms. The van der Waals surface area contributed by atoms with Crippen molar-refractivity contribution < 1.29 is 26.2 Å². The van der Waals surface area contributed by atoms with Crippen LogP contribution < -0.4 is 0 Å². The van der Waals surface area contributed by atoms with Gasteiger partial charge in [-0.1, -0.05) is 0 Å². The number of rotatable bonds is 0. The molecule has 0 unspecified atom stereocenters. The number of nitrogens with zero attached hydrogens (tertiary/aromatic N) is 4. The van der Waals surface area contributed by atoms with Gasteiger partial charge in [0, 0.05) is 26.2 Å². The zero-order chi connectivity index (χ0) is 10.8. The molecule has 0 aromatic carbocycles. The second-order valence-corrected chi connectivity index (χ2v) is 0.298. The van der Waals surface area contributed by atoms with Crippen LogP contribution in [-0.2, 0) is 26.2 Å². The molecule has 13 heteroatoms. The summed E-state index contributed by atoms with van der Waals surface area (Å²) in [7, 11) is 0. The van der Waals surface area contributed by atoms with Crippen LogP contribution in [0.15, 0.2) is 21.4 Å². The van der Waals surface area contributed by atoms with Crippen molar-refractivity contribution in [2.24, 2.45) is 21.4 Å². The Hall–Kier alpha value is -1.52. The van der Waals surface area contributed by atoms with E-state index in [1.165, 1.54) is 0 Å². The van der Waals surface area contributed by atoms with Gasteiger partial charge in [0.05, 0.1) is 0 Å². The number of hydrogen-bond donors (Lipinski definition) is 0. The molecule has 0 aliphatic carbocycles. The summed E-state index contributed by atoms with van der Waals surface area (Å²) in [5.74, 6) is 0. The van der Waals surface area contributed by atoms with Gasteiger partial charge in [-0.05, 0) is 0 Å². The first-order valence-electron chi connectivity index (χ1n) is 1.46. The second kappa shape index (κ2) is 153. The fourth-order valence-electron chi connectivity index (χ4n) is 0. The van der Waals surface area contributed by atoms with Crippen molar-refractivity contribution in [1.29, 1.82) is 0 Å². The Kier molecular flexibility index (Phi) is 353. The van der Waals surface area contributed by atoms with E-state index in [1.807, 2.05) is 0 Å². The predicted molar refractivity (Wildman–Crippen MR) is 36.6 cm³/mol. The van der Waals surface area contributed by atoms with Crippen LogP contribution in [0.2, 0.25) is 0 Å². The van der Waals surface area contributed by atoms with Gasteiger partial charge in [-0.2, -0.15) is 0 Å². The molecule has 0 aromatic rings. The summed E-state index contributed by atoms with van der Waals surface area (Å²) in [5.41, 5.74) is 0. The summed E-state index contributed by atoms with van der Waals surface area (Å²) in [6.45, 7) is 0. The van der Waals surface area contributed by atoms with Crippen molar-refractivity contribution in [3.63, 3.8) is 0 Å². The first-order valence-corrected chi connectivity index (χ1v) is 1.46. The maximum atomic E-state index is 8.00. The molecule has 0 rings (SSSR count). The van der Waals surface area contributed by atoms with E-state index < -0.39 is 0 Å². The Morgan fingerprint density at radius 1 is 0.538 bits per heavy atom. The van der Waals surface area contributed by atoms with Crippen LogP contribution in [0.1, 0.15) is 0 Å². The molecule has 0 amide bonds. The van der Waals surface area contributed by atoms with Crippen molar-refractivity contribution in [1.82, 2.24) is 0 Å². The average Bonchev–Trinajstić information content (AvgIpc) is 1.92. The van der Waals surface area contributed by atoms with E-state index in [0.29, 0.717) is 0 Å². The van der Waals surface area contributed by atoms with Crippen LogP contribution in [0.4, 0.5) is 0 Å². The van der Waals surface area contributed by atoms with E-state index in [1.54, 1.807) is 0 Å². The summed E-state index contributed by atoms with van der Waals surface area (Å²) in [5, 5.41) is 36.0. The average molecular weight is 275 g/mol. The van der Waals surface area contributed by atoms with Crippen LogP contribution in [0.5, 0.6) is 0 Å². The van der Waals surface area contributed by atoms with Gasteiger partial charge in [0.1, 0.15) is 0 Å². The van der Waals surface area contributed by atoms with E-state index in [-0.39, 0.29) is 26.2 Å². The molecule has 0 aromatic heterocycles. The Labute approximate surface area is 88.4 Å². The fraction of sp³-hybridized carbons (Fsp3) is 0. The van der Waals surface area contributed by atoms with Crippen LogP contribution in [0, 0.1) is 40.5 Å². The van der Waals surface area contributed by atoms with Gasteiger partial charge in [-0.15, -0.1) is 21.4 Å². The third-order valence-electron chi connectivity index (χ3n) is 0. The molecule has 0 fully saturated rings. The Morgan fingerprint density at radius 2 is 0.538 bits per heavy atom. The van der Waals surface area contributed by atoms with E-state index >= 15 is 0 Å². The summed E-state index contributed by atoms with van der Waals surface area (Å²) < 4.78 is 0. The molecule has 0 N–H and O–H groups in total.